The Bertz CT molecular complexity index is 1270. The largest absolute Gasteiger partial charge is 0.329 e. The van der Waals surface area contributed by atoms with Gasteiger partial charge >= 0.3 is 5.69 Å². The molecule has 2 aromatic heterocycles. The third-order valence-corrected chi connectivity index (χ3v) is 4.48. The fraction of sp³-hybridized carbons (Fsp3) is 0.100. The van der Waals surface area contributed by atoms with Crippen LogP contribution in [0.4, 0.5) is 5.69 Å². The Morgan fingerprint density at radius 1 is 1.07 bits per heavy atom. The van der Waals surface area contributed by atoms with Gasteiger partial charge in [0, 0.05) is 24.8 Å². The van der Waals surface area contributed by atoms with Crippen LogP contribution in [-0.4, -0.2) is 25.0 Å². The number of imidazole rings is 1. The lowest BCUT2D eigenvalue weighted by molar-refractivity contribution is 0.102. The van der Waals surface area contributed by atoms with Crippen LogP contribution in [0, 0.1) is 0 Å². The summed E-state index contributed by atoms with van der Waals surface area (Å²) in [7, 11) is 1.55. The van der Waals surface area contributed by atoms with Crippen LogP contribution in [0.5, 0.6) is 0 Å². The molecule has 140 valence electrons. The van der Waals surface area contributed by atoms with Crippen molar-refractivity contribution in [1.29, 1.82) is 0 Å². The maximum absolute atomic E-state index is 12.3. The first kappa shape index (κ1) is 17.5. The molecule has 2 heterocycles. The van der Waals surface area contributed by atoms with Crippen molar-refractivity contribution in [2.45, 2.75) is 6.54 Å². The van der Waals surface area contributed by atoms with Crippen molar-refractivity contribution >= 4 is 22.8 Å². The molecule has 8 nitrogen and oxygen atoms in total. The number of aryl methyl sites for hydroxylation is 1. The monoisotopic (exact) mass is 375 g/mol. The van der Waals surface area contributed by atoms with Crippen LogP contribution in [0.2, 0.25) is 0 Å². The first-order valence-electron chi connectivity index (χ1n) is 8.62. The SMILES string of the molecule is Cn1c(=O)[nH]c(=O)c2c1ncn2Cc1ccc(C(=O)Nc2ccccc2)cc1. The lowest BCUT2D eigenvalue weighted by Gasteiger charge is -2.07. The fourth-order valence-corrected chi connectivity index (χ4v) is 2.99. The number of carbonyl (C=O) groups excluding carboxylic acids is 1. The summed E-state index contributed by atoms with van der Waals surface area (Å²) in [6, 6.07) is 16.3. The molecule has 2 N–H and O–H groups in total. The minimum absolute atomic E-state index is 0.197. The number of hydrogen-bond acceptors (Lipinski definition) is 4. The Morgan fingerprint density at radius 3 is 2.50 bits per heavy atom. The van der Waals surface area contributed by atoms with Crippen molar-refractivity contribution in [3.8, 4) is 0 Å². The van der Waals surface area contributed by atoms with Gasteiger partial charge in [0.1, 0.15) is 0 Å². The highest BCUT2D eigenvalue weighted by Crippen LogP contribution is 2.12. The van der Waals surface area contributed by atoms with Crippen molar-refractivity contribution in [3.63, 3.8) is 0 Å². The summed E-state index contributed by atoms with van der Waals surface area (Å²) in [6.07, 6.45) is 1.52. The molecule has 0 atom stereocenters. The van der Waals surface area contributed by atoms with E-state index >= 15 is 0 Å². The van der Waals surface area contributed by atoms with Gasteiger partial charge in [-0.3, -0.25) is 19.1 Å². The highest BCUT2D eigenvalue weighted by molar-refractivity contribution is 6.04. The summed E-state index contributed by atoms with van der Waals surface area (Å²) in [6.45, 7) is 0.387. The van der Waals surface area contributed by atoms with E-state index in [1.54, 1.807) is 23.7 Å². The average molecular weight is 375 g/mol. The summed E-state index contributed by atoms with van der Waals surface area (Å²) in [4.78, 5) is 42.6. The maximum Gasteiger partial charge on any atom is 0.329 e. The predicted octanol–water partition coefficient (Wildman–Crippen LogP) is 1.72. The molecule has 0 spiro atoms. The quantitative estimate of drug-likeness (QED) is 0.567. The Kier molecular flexibility index (Phi) is 4.36. The van der Waals surface area contributed by atoms with Crippen molar-refractivity contribution in [3.05, 3.63) is 92.9 Å². The lowest BCUT2D eigenvalue weighted by atomic mass is 10.1. The predicted molar refractivity (Wildman–Crippen MR) is 106 cm³/mol. The summed E-state index contributed by atoms with van der Waals surface area (Å²) in [5, 5.41) is 2.83. The number of hydrogen-bond donors (Lipinski definition) is 2. The molecule has 4 aromatic rings. The van der Waals surface area contributed by atoms with Gasteiger partial charge in [-0.05, 0) is 29.8 Å². The van der Waals surface area contributed by atoms with E-state index in [0.717, 1.165) is 11.3 Å². The van der Waals surface area contributed by atoms with Gasteiger partial charge in [-0.15, -0.1) is 0 Å². The maximum atomic E-state index is 12.3. The first-order chi connectivity index (χ1) is 13.5. The van der Waals surface area contributed by atoms with Crippen LogP contribution in [-0.2, 0) is 13.6 Å². The number of aromatic amines is 1. The molecule has 0 saturated carbocycles. The number of anilines is 1. The van der Waals surface area contributed by atoms with Crippen LogP contribution in [0.25, 0.3) is 11.2 Å². The van der Waals surface area contributed by atoms with Gasteiger partial charge < -0.3 is 9.88 Å². The number of amides is 1. The van der Waals surface area contributed by atoms with Gasteiger partial charge in [0.25, 0.3) is 11.5 Å². The highest BCUT2D eigenvalue weighted by Gasteiger charge is 2.12. The smallest absolute Gasteiger partial charge is 0.322 e. The number of benzene rings is 2. The number of carbonyl (C=O) groups is 1. The zero-order chi connectivity index (χ0) is 19.7. The van der Waals surface area contributed by atoms with Gasteiger partial charge in [0.15, 0.2) is 11.2 Å². The molecule has 0 radical (unpaired) electrons. The number of nitrogens with one attached hydrogen (secondary N) is 2. The van der Waals surface area contributed by atoms with E-state index in [2.05, 4.69) is 15.3 Å². The molecule has 0 aliphatic heterocycles. The van der Waals surface area contributed by atoms with Crippen molar-refractivity contribution in [2.24, 2.45) is 7.05 Å². The molecule has 28 heavy (non-hydrogen) atoms. The van der Waals surface area contributed by atoms with Crippen molar-refractivity contribution < 1.29 is 4.79 Å². The van der Waals surface area contributed by atoms with Gasteiger partial charge in [-0.2, -0.15) is 0 Å². The summed E-state index contributed by atoms with van der Waals surface area (Å²) in [5.41, 5.74) is 1.82. The molecule has 0 fully saturated rings. The number of H-pyrrole nitrogens is 1. The van der Waals surface area contributed by atoms with Crippen LogP contribution in [0.15, 0.2) is 70.5 Å². The molecule has 0 aliphatic carbocycles. The van der Waals surface area contributed by atoms with Gasteiger partial charge in [-0.1, -0.05) is 30.3 Å². The van der Waals surface area contributed by atoms with Crippen molar-refractivity contribution in [2.75, 3.05) is 5.32 Å². The van der Waals surface area contributed by atoms with Crippen LogP contribution < -0.4 is 16.6 Å². The number of rotatable bonds is 4. The average Bonchev–Trinajstić information content (AvgIpc) is 3.12. The number of para-hydroxylation sites is 1. The van der Waals surface area contributed by atoms with E-state index in [0.29, 0.717) is 23.3 Å². The number of nitrogens with zero attached hydrogens (tertiary/aromatic N) is 3. The third kappa shape index (κ3) is 3.23. The molecule has 8 heteroatoms. The second kappa shape index (κ2) is 6.99. The normalized spacial score (nSPS) is 10.9. The van der Waals surface area contributed by atoms with E-state index < -0.39 is 11.2 Å². The summed E-state index contributed by atoms with van der Waals surface area (Å²) in [5.74, 6) is -0.197. The second-order valence-electron chi connectivity index (χ2n) is 6.38. The van der Waals surface area contributed by atoms with E-state index in [9.17, 15) is 14.4 Å². The molecule has 1 amide bonds. The van der Waals surface area contributed by atoms with E-state index in [4.69, 9.17) is 0 Å². The van der Waals surface area contributed by atoms with Crippen LogP contribution in [0.3, 0.4) is 0 Å². The lowest BCUT2D eigenvalue weighted by Crippen LogP contribution is -2.29. The third-order valence-electron chi connectivity index (χ3n) is 4.48. The molecule has 0 saturated heterocycles. The number of fused-ring (bicyclic) bond motifs is 1. The Hall–Kier alpha value is -3.94. The summed E-state index contributed by atoms with van der Waals surface area (Å²) < 4.78 is 2.97. The minimum atomic E-state index is -0.503. The van der Waals surface area contributed by atoms with Crippen LogP contribution >= 0.6 is 0 Å². The Balaban J connectivity index is 1.56. The van der Waals surface area contributed by atoms with Crippen molar-refractivity contribution in [1.82, 2.24) is 19.1 Å². The highest BCUT2D eigenvalue weighted by atomic mass is 16.2. The van der Waals surface area contributed by atoms with Gasteiger partial charge in [0.05, 0.1) is 6.33 Å². The molecule has 2 aromatic carbocycles. The molecular weight excluding hydrogens is 358 g/mol. The summed E-state index contributed by atoms with van der Waals surface area (Å²) >= 11 is 0. The second-order valence-corrected chi connectivity index (χ2v) is 6.38. The molecular formula is C20H17N5O3. The molecule has 0 bridgehead atoms. The fourth-order valence-electron chi connectivity index (χ4n) is 2.99. The Labute approximate surface area is 159 Å². The van der Waals surface area contributed by atoms with E-state index in [1.807, 2.05) is 42.5 Å². The van der Waals surface area contributed by atoms with E-state index in [1.165, 1.54) is 10.9 Å². The number of aromatic nitrogens is 4. The first-order valence-corrected chi connectivity index (χ1v) is 8.62. The zero-order valence-corrected chi connectivity index (χ0v) is 15.0. The molecule has 4 rings (SSSR count). The minimum Gasteiger partial charge on any atom is -0.322 e. The topological polar surface area (TPSA) is 102 Å². The van der Waals surface area contributed by atoms with E-state index in [-0.39, 0.29) is 5.91 Å². The molecule has 0 aliphatic rings. The zero-order valence-electron chi connectivity index (χ0n) is 15.0. The Morgan fingerprint density at radius 2 is 1.79 bits per heavy atom. The van der Waals surface area contributed by atoms with Crippen LogP contribution in [0.1, 0.15) is 15.9 Å². The van der Waals surface area contributed by atoms with Gasteiger partial charge in [-0.25, -0.2) is 9.78 Å². The molecule has 0 unspecified atom stereocenters. The standard InChI is InChI=1S/C20H17N5O3/c1-24-17-16(19(27)23-20(24)28)25(12-21-17)11-13-7-9-14(10-8-13)18(26)22-15-5-3-2-4-6-15/h2-10,12H,11H2,1H3,(H,22,26)(H,23,27,28). The van der Waals surface area contributed by atoms with Gasteiger partial charge in [0.2, 0.25) is 0 Å².